The van der Waals surface area contributed by atoms with Crippen LogP contribution in [0.25, 0.3) is 22.6 Å². The van der Waals surface area contributed by atoms with Gasteiger partial charge in [-0.1, -0.05) is 30.3 Å². The van der Waals surface area contributed by atoms with E-state index in [9.17, 15) is 10.4 Å². The normalized spacial score (nSPS) is 10.2. The predicted octanol–water partition coefficient (Wildman–Crippen LogP) is 2.56. The standard InChI is InChI=1S/C15H10N4O2/c16-8-10-6-7-11(20)13(14-18-15(17)19-21-14)12(10)9-4-2-1-3-5-9/h1-7,20H,(H2,17,19). The molecule has 2 aromatic carbocycles. The molecule has 0 fully saturated rings. The van der Waals surface area contributed by atoms with Gasteiger partial charge in [0.1, 0.15) is 5.75 Å². The molecule has 0 aliphatic carbocycles. The summed E-state index contributed by atoms with van der Waals surface area (Å²) in [7, 11) is 0. The van der Waals surface area contributed by atoms with Crippen LogP contribution in [0.3, 0.4) is 0 Å². The molecule has 6 nitrogen and oxygen atoms in total. The van der Waals surface area contributed by atoms with E-state index in [1.165, 1.54) is 6.07 Å². The van der Waals surface area contributed by atoms with Gasteiger partial charge in [0.05, 0.1) is 17.2 Å². The highest BCUT2D eigenvalue weighted by Crippen LogP contribution is 2.40. The molecular formula is C15H10N4O2. The van der Waals surface area contributed by atoms with Crippen LogP contribution >= 0.6 is 0 Å². The van der Waals surface area contributed by atoms with E-state index < -0.39 is 0 Å². The highest BCUT2D eigenvalue weighted by molar-refractivity contribution is 5.88. The minimum Gasteiger partial charge on any atom is -0.507 e. The van der Waals surface area contributed by atoms with Crippen LogP contribution in [0, 0.1) is 11.3 Å². The largest absolute Gasteiger partial charge is 0.507 e. The molecule has 3 rings (SSSR count). The molecule has 0 radical (unpaired) electrons. The maximum atomic E-state index is 10.2. The first-order valence-corrected chi connectivity index (χ1v) is 6.11. The Balaban J connectivity index is 2.36. The van der Waals surface area contributed by atoms with E-state index >= 15 is 0 Å². The van der Waals surface area contributed by atoms with E-state index in [0.29, 0.717) is 16.7 Å². The highest BCUT2D eigenvalue weighted by Gasteiger charge is 2.21. The van der Waals surface area contributed by atoms with E-state index in [1.807, 2.05) is 30.3 Å². The molecule has 0 aliphatic heterocycles. The van der Waals surface area contributed by atoms with Crippen molar-refractivity contribution in [2.24, 2.45) is 0 Å². The molecule has 0 aliphatic rings. The number of benzene rings is 2. The molecule has 3 aromatic rings. The lowest BCUT2D eigenvalue weighted by Gasteiger charge is -2.10. The molecule has 0 bridgehead atoms. The van der Waals surface area contributed by atoms with Gasteiger partial charge >= 0.3 is 0 Å². The Kier molecular flexibility index (Phi) is 3.01. The minimum absolute atomic E-state index is 0.0363. The van der Waals surface area contributed by atoms with E-state index in [2.05, 4.69) is 16.2 Å². The van der Waals surface area contributed by atoms with Crippen LogP contribution in [0.5, 0.6) is 5.75 Å². The zero-order chi connectivity index (χ0) is 14.8. The Morgan fingerprint density at radius 3 is 2.48 bits per heavy atom. The molecule has 21 heavy (non-hydrogen) atoms. The molecule has 3 N–H and O–H groups in total. The Morgan fingerprint density at radius 1 is 1.10 bits per heavy atom. The summed E-state index contributed by atoms with van der Waals surface area (Å²) in [4.78, 5) is 3.93. The molecule has 102 valence electrons. The number of nitrogens with zero attached hydrogens (tertiary/aromatic N) is 3. The summed E-state index contributed by atoms with van der Waals surface area (Å²) in [5, 5.41) is 23.0. The Labute approximate surface area is 120 Å². The van der Waals surface area contributed by atoms with Gasteiger partial charge in [-0.15, -0.1) is 0 Å². The molecule has 1 heterocycles. The number of anilines is 1. The zero-order valence-corrected chi connectivity index (χ0v) is 10.8. The van der Waals surface area contributed by atoms with Gasteiger partial charge in [-0.05, 0) is 22.9 Å². The van der Waals surface area contributed by atoms with Crippen molar-refractivity contribution in [3.8, 4) is 34.4 Å². The first-order valence-electron chi connectivity index (χ1n) is 6.11. The van der Waals surface area contributed by atoms with E-state index in [1.54, 1.807) is 6.07 Å². The van der Waals surface area contributed by atoms with Crippen LogP contribution in [0.15, 0.2) is 47.0 Å². The second-order valence-electron chi connectivity index (χ2n) is 4.32. The van der Waals surface area contributed by atoms with Crippen LogP contribution < -0.4 is 5.73 Å². The third kappa shape index (κ3) is 2.17. The predicted molar refractivity (Wildman–Crippen MR) is 76.0 cm³/mol. The zero-order valence-electron chi connectivity index (χ0n) is 10.8. The number of aromatic nitrogens is 2. The lowest BCUT2D eigenvalue weighted by atomic mass is 9.94. The van der Waals surface area contributed by atoms with Crippen molar-refractivity contribution in [1.82, 2.24) is 10.1 Å². The third-order valence-electron chi connectivity index (χ3n) is 3.02. The Hall–Kier alpha value is -3.33. The summed E-state index contributed by atoms with van der Waals surface area (Å²) in [6.45, 7) is 0. The summed E-state index contributed by atoms with van der Waals surface area (Å²) in [6, 6.07) is 14.3. The van der Waals surface area contributed by atoms with Crippen LogP contribution in [-0.4, -0.2) is 15.2 Å². The first kappa shape index (κ1) is 12.7. The van der Waals surface area contributed by atoms with Crippen LogP contribution in [0.1, 0.15) is 5.56 Å². The average molecular weight is 278 g/mol. The lowest BCUT2D eigenvalue weighted by molar-refractivity contribution is 0.426. The van der Waals surface area contributed by atoms with Crippen LogP contribution in [0.4, 0.5) is 5.95 Å². The fourth-order valence-electron chi connectivity index (χ4n) is 2.14. The highest BCUT2D eigenvalue weighted by atomic mass is 16.5. The van der Waals surface area contributed by atoms with Crippen molar-refractivity contribution in [2.75, 3.05) is 5.73 Å². The maximum Gasteiger partial charge on any atom is 0.263 e. The monoisotopic (exact) mass is 278 g/mol. The van der Waals surface area contributed by atoms with Gasteiger partial charge in [-0.3, -0.25) is 0 Å². The molecule has 0 atom stereocenters. The van der Waals surface area contributed by atoms with E-state index in [0.717, 1.165) is 5.56 Å². The van der Waals surface area contributed by atoms with E-state index in [4.69, 9.17) is 10.3 Å². The lowest BCUT2D eigenvalue weighted by Crippen LogP contribution is -1.92. The van der Waals surface area contributed by atoms with E-state index in [-0.39, 0.29) is 17.6 Å². The molecular weight excluding hydrogens is 268 g/mol. The fourth-order valence-corrected chi connectivity index (χ4v) is 2.14. The summed E-state index contributed by atoms with van der Waals surface area (Å²) in [5.74, 6) is -0.0248. The number of nitrogen functional groups attached to an aromatic ring is 1. The molecule has 1 aromatic heterocycles. The number of hydrogen-bond donors (Lipinski definition) is 2. The second-order valence-corrected chi connectivity index (χ2v) is 4.32. The number of phenols is 1. The summed E-state index contributed by atoms with van der Waals surface area (Å²) < 4.78 is 5.04. The minimum atomic E-state index is -0.0588. The summed E-state index contributed by atoms with van der Waals surface area (Å²) in [6.07, 6.45) is 0. The quantitative estimate of drug-likeness (QED) is 0.745. The van der Waals surface area contributed by atoms with Crippen molar-refractivity contribution in [2.45, 2.75) is 0 Å². The Bertz CT molecular complexity index is 835. The molecule has 0 saturated carbocycles. The van der Waals surface area contributed by atoms with Crippen molar-refractivity contribution in [1.29, 1.82) is 5.26 Å². The molecule has 0 spiro atoms. The Morgan fingerprint density at radius 2 is 1.86 bits per heavy atom. The van der Waals surface area contributed by atoms with Crippen molar-refractivity contribution in [3.63, 3.8) is 0 Å². The second kappa shape index (κ2) is 4.98. The summed E-state index contributed by atoms with van der Waals surface area (Å²) >= 11 is 0. The number of aromatic hydroxyl groups is 1. The summed E-state index contributed by atoms with van der Waals surface area (Å²) in [5.41, 5.74) is 7.44. The van der Waals surface area contributed by atoms with Crippen LogP contribution in [0.2, 0.25) is 0 Å². The first-order chi connectivity index (χ1) is 10.2. The molecule has 6 heteroatoms. The SMILES string of the molecule is N#Cc1ccc(O)c(-c2nc(N)no2)c1-c1ccccc1. The van der Waals surface area contributed by atoms with Crippen LogP contribution in [-0.2, 0) is 0 Å². The van der Waals surface area contributed by atoms with Crippen molar-refractivity contribution in [3.05, 3.63) is 48.0 Å². The van der Waals surface area contributed by atoms with Gasteiger partial charge in [0.25, 0.3) is 11.8 Å². The topological polar surface area (TPSA) is 109 Å². The van der Waals surface area contributed by atoms with Gasteiger partial charge < -0.3 is 15.4 Å². The van der Waals surface area contributed by atoms with Crippen molar-refractivity contribution >= 4 is 5.95 Å². The number of phenolic OH excluding ortho intramolecular Hbond substituents is 1. The van der Waals surface area contributed by atoms with Crippen molar-refractivity contribution < 1.29 is 9.63 Å². The average Bonchev–Trinajstić information content (AvgIpc) is 2.94. The number of hydrogen-bond acceptors (Lipinski definition) is 6. The third-order valence-corrected chi connectivity index (χ3v) is 3.02. The smallest absolute Gasteiger partial charge is 0.263 e. The van der Waals surface area contributed by atoms with Gasteiger partial charge in [0.15, 0.2) is 0 Å². The molecule has 0 amide bonds. The number of nitrogens with two attached hydrogens (primary N) is 1. The molecule has 0 saturated heterocycles. The fraction of sp³-hybridized carbons (Fsp3) is 0. The van der Waals surface area contributed by atoms with Gasteiger partial charge in [-0.2, -0.15) is 10.2 Å². The molecule has 0 unspecified atom stereocenters. The van der Waals surface area contributed by atoms with Gasteiger partial charge in [0, 0.05) is 5.56 Å². The van der Waals surface area contributed by atoms with Gasteiger partial charge in [0.2, 0.25) is 0 Å². The van der Waals surface area contributed by atoms with Gasteiger partial charge in [-0.25, -0.2) is 0 Å². The number of nitriles is 1. The maximum absolute atomic E-state index is 10.2. The number of rotatable bonds is 2.